The van der Waals surface area contributed by atoms with Crippen LogP contribution < -0.4 is 10.0 Å². The average Bonchev–Trinajstić information content (AvgIpc) is 2.96. The maximum Gasteiger partial charge on any atom is 0.262 e. The normalized spacial score (nSPS) is 14.0. The first-order valence-electron chi connectivity index (χ1n) is 9.48. The molecule has 0 saturated heterocycles. The molecule has 0 bridgehead atoms. The first-order valence-corrected chi connectivity index (χ1v) is 11.0. The molecule has 1 aliphatic rings. The van der Waals surface area contributed by atoms with Crippen molar-refractivity contribution in [3.05, 3.63) is 59.5 Å². The van der Waals surface area contributed by atoms with Crippen molar-refractivity contribution in [2.24, 2.45) is 0 Å². The van der Waals surface area contributed by atoms with Crippen LogP contribution in [-0.4, -0.2) is 30.0 Å². The summed E-state index contributed by atoms with van der Waals surface area (Å²) in [5, 5.41) is 6.94. The van der Waals surface area contributed by atoms with Crippen molar-refractivity contribution in [2.75, 3.05) is 10.0 Å². The fourth-order valence-electron chi connectivity index (χ4n) is 3.46. The Morgan fingerprint density at radius 3 is 2.48 bits per heavy atom. The van der Waals surface area contributed by atoms with E-state index in [1.54, 1.807) is 26.0 Å². The Morgan fingerprint density at radius 1 is 1.06 bits per heavy atom. The monoisotopic (exact) mass is 442 g/mol. The second kappa shape index (κ2) is 7.62. The lowest BCUT2D eigenvalue weighted by Gasteiger charge is -2.13. The fourth-order valence-corrected chi connectivity index (χ4v) is 4.79. The number of hydrogen-bond donors (Lipinski definition) is 2. The van der Waals surface area contributed by atoms with Gasteiger partial charge < -0.3 is 5.32 Å². The summed E-state index contributed by atoms with van der Waals surface area (Å²) in [5.74, 6) is -0.884. The van der Waals surface area contributed by atoms with E-state index in [1.165, 1.54) is 18.2 Å². The van der Waals surface area contributed by atoms with Crippen molar-refractivity contribution in [1.29, 1.82) is 0 Å². The third kappa shape index (κ3) is 3.93. The van der Waals surface area contributed by atoms with Gasteiger partial charge in [-0.3, -0.25) is 14.3 Å². The summed E-state index contributed by atoms with van der Waals surface area (Å²) in [6.07, 6.45) is 0.0876. The summed E-state index contributed by atoms with van der Waals surface area (Å²) in [6.45, 7) is 3.33. The van der Waals surface area contributed by atoms with Gasteiger partial charge in [0.15, 0.2) is 0 Å². The molecule has 8 nitrogen and oxygen atoms in total. The van der Waals surface area contributed by atoms with Crippen LogP contribution >= 0.6 is 0 Å². The van der Waals surface area contributed by atoms with Gasteiger partial charge in [-0.15, -0.1) is 0 Å². The highest BCUT2D eigenvalue weighted by atomic mass is 32.2. The second-order valence-electron chi connectivity index (χ2n) is 7.26. The molecule has 2 aromatic carbocycles. The fraction of sp³-hybridized carbons (Fsp3) is 0.190. The van der Waals surface area contributed by atoms with Crippen molar-refractivity contribution < 1.29 is 22.4 Å². The molecule has 0 aliphatic carbocycles. The molecule has 0 unspecified atom stereocenters. The Bertz CT molecular complexity index is 1310. The molecule has 1 aliphatic heterocycles. The third-order valence-corrected chi connectivity index (χ3v) is 6.51. The Kier molecular flexibility index (Phi) is 5.10. The minimum Gasteiger partial charge on any atom is -0.310 e. The predicted octanol–water partition coefficient (Wildman–Crippen LogP) is 3.48. The number of halogens is 1. The van der Waals surface area contributed by atoms with E-state index in [9.17, 15) is 22.4 Å². The van der Waals surface area contributed by atoms with Crippen molar-refractivity contribution in [3.8, 4) is 11.1 Å². The quantitative estimate of drug-likeness (QED) is 0.643. The number of hydrogen-bond acceptors (Lipinski definition) is 5. The van der Waals surface area contributed by atoms with E-state index in [4.69, 9.17) is 0 Å². The number of nitrogens with one attached hydrogen (secondary N) is 2. The van der Waals surface area contributed by atoms with Gasteiger partial charge in [0, 0.05) is 24.1 Å². The van der Waals surface area contributed by atoms with E-state index in [2.05, 4.69) is 15.1 Å². The highest BCUT2D eigenvalue weighted by Gasteiger charge is 2.27. The number of fused-ring (bicyclic) bond motifs is 1. The summed E-state index contributed by atoms with van der Waals surface area (Å²) in [4.78, 5) is 24.4. The van der Waals surface area contributed by atoms with E-state index in [1.807, 2.05) is 0 Å². The highest BCUT2D eigenvalue weighted by Crippen LogP contribution is 2.35. The van der Waals surface area contributed by atoms with Crippen LogP contribution in [0.2, 0.25) is 0 Å². The van der Waals surface area contributed by atoms with Gasteiger partial charge in [-0.05, 0) is 55.3 Å². The molecule has 0 saturated carbocycles. The zero-order valence-corrected chi connectivity index (χ0v) is 17.6. The van der Waals surface area contributed by atoms with Crippen molar-refractivity contribution in [2.45, 2.75) is 31.6 Å². The summed E-state index contributed by atoms with van der Waals surface area (Å²) < 4.78 is 42.8. The van der Waals surface area contributed by atoms with Crippen LogP contribution in [0.3, 0.4) is 0 Å². The lowest BCUT2D eigenvalue weighted by molar-refractivity contribution is -0.116. The first-order chi connectivity index (χ1) is 14.7. The minimum absolute atomic E-state index is 0.0138. The zero-order chi connectivity index (χ0) is 22.3. The van der Waals surface area contributed by atoms with Crippen LogP contribution in [0.15, 0.2) is 47.4 Å². The molecule has 1 aromatic heterocycles. The van der Waals surface area contributed by atoms with Crippen LogP contribution in [0.25, 0.3) is 11.1 Å². The second-order valence-corrected chi connectivity index (χ2v) is 8.91. The number of aryl methyl sites for hydroxylation is 2. The lowest BCUT2D eigenvalue weighted by atomic mass is 10.0. The Labute approximate surface area is 178 Å². The first kappa shape index (κ1) is 20.7. The number of rotatable bonds is 4. The molecule has 0 spiro atoms. The highest BCUT2D eigenvalue weighted by molar-refractivity contribution is 7.92. The summed E-state index contributed by atoms with van der Waals surface area (Å²) in [7, 11) is -3.99. The maximum atomic E-state index is 13.1. The number of benzene rings is 2. The van der Waals surface area contributed by atoms with Crippen LogP contribution in [0.4, 0.5) is 15.9 Å². The van der Waals surface area contributed by atoms with Crippen LogP contribution in [0.5, 0.6) is 0 Å². The van der Waals surface area contributed by atoms with Gasteiger partial charge in [0.05, 0.1) is 10.6 Å². The van der Waals surface area contributed by atoms with Gasteiger partial charge in [0.25, 0.3) is 10.0 Å². The van der Waals surface area contributed by atoms with E-state index in [0.29, 0.717) is 22.4 Å². The number of nitrogens with zero attached hydrogens (tertiary/aromatic N) is 2. The van der Waals surface area contributed by atoms with Gasteiger partial charge in [-0.25, -0.2) is 12.8 Å². The van der Waals surface area contributed by atoms with E-state index >= 15 is 0 Å². The van der Waals surface area contributed by atoms with Crippen molar-refractivity contribution in [1.82, 2.24) is 9.78 Å². The minimum atomic E-state index is -3.99. The molecule has 10 heteroatoms. The smallest absolute Gasteiger partial charge is 0.262 e. The van der Waals surface area contributed by atoms with Crippen LogP contribution in [0.1, 0.15) is 28.9 Å². The lowest BCUT2D eigenvalue weighted by Crippen LogP contribution is -2.15. The molecule has 0 atom stereocenters. The van der Waals surface area contributed by atoms with Crippen LogP contribution in [-0.2, 0) is 14.8 Å². The number of aromatic nitrogens is 2. The molecule has 2 heterocycles. The average molecular weight is 442 g/mol. The molecular weight excluding hydrogens is 423 g/mol. The molecule has 0 fully saturated rings. The topological polar surface area (TPSA) is 110 Å². The van der Waals surface area contributed by atoms with Crippen LogP contribution in [0, 0.1) is 19.7 Å². The standard InChI is InChI=1S/C21H19FN4O4S/c1-12-3-4-14(11-17(12)31(29,30)25-16-7-5-15(22)6-8-16)20-13(2)24-26-19(28)10-9-18(27)23-21(20)26/h3-8,11,25H,9-10H2,1-2H3,(H,23,27). The van der Waals surface area contributed by atoms with Crippen molar-refractivity contribution >= 4 is 33.3 Å². The van der Waals surface area contributed by atoms with Gasteiger partial charge in [-0.2, -0.15) is 9.78 Å². The predicted molar refractivity (Wildman–Crippen MR) is 113 cm³/mol. The summed E-state index contributed by atoms with van der Waals surface area (Å²) >= 11 is 0. The summed E-state index contributed by atoms with van der Waals surface area (Å²) in [6, 6.07) is 9.78. The van der Waals surface area contributed by atoms with Gasteiger partial charge >= 0.3 is 0 Å². The Morgan fingerprint density at radius 2 is 1.77 bits per heavy atom. The van der Waals surface area contributed by atoms with Gasteiger partial charge in [0.2, 0.25) is 11.8 Å². The molecule has 31 heavy (non-hydrogen) atoms. The summed E-state index contributed by atoms with van der Waals surface area (Å²) in [5.41, 5.74) is 2.15. The van der Waals surface area contributed by atoms with E-state index < -0.39 is 15.8 Å². The number of anilines is 2. The molecule has 0 radical (unpaired) electrons. The number of carbonyl (C=O) groups excluding carboxylic acids is 2. The van der Waals surface area contributed by atoms with Gasteiger partial charge in [0.1, 0.15) is 11.6 Å². The molecule has 160 valence electrons. The Hall–Kier alpha value is -3.53. The molecule has 2 N–H and O–H groups in total. The number of amides is 1. The van der Waals surface area contributed by atoms with Crippen molar-refractivity contribution in [3.63, 3.8) is 0 Å². The SMILES string of the molecule is Cc1ccc(-c2c(C)nn3c2NC(=O)CCC3=O)cc1S(=O)(=O)Nc1ccc(F)cc1. The maximum absolute atomic E-state index is 13.1. The molecular formula is C21H19FN4O4S. The molecule has 4 rings (SSSR count). The molecule has 1 amide bonds. The zero-order valence-electron chi connectivity index (χ0n) is 16.8. The third-order valence-electron chi connectivity index (χ3n) is 4.98. The number of sulfonamides is 1. The van der Waals surface area contributed by atoms with E-state index in [-0.39, 0.29) is 41.1 Å². The van der Waals surface area contributed by atoms with E-state index in [0.717, 1.165) is 16.8 Å². The van der Waals surface area contributed by atoms with Gasteiger partial charge in [-0.1, -0.05) is 12.1 Å². The number of carbonyl (C=O) groups is 2. The molecule has 3 aromatic rings. The largest absolute Gasteiger partial charge is 0.310 e. The Balaban J connectivity index is 1.80.